The van der Waals surface area contributed by atoms with E-state index >= 15 is 0 Å². The Morgan fingerprint density at radius 1 is 1.24 bits per heavy atom. The first-order valence-corrected chi connectivity index (χ1v) is 11.0. The van der Waals surface area contributed by atoms with E-state index in [4.69, 9.17) is 14.6 Å². The molecule has 4 N–H and O–H groups in total. The molecule has 0 amide bonds. The van der Waals surface area contributed by atoms with Crippen LogP contribution in [0.3, 0.4) is 0 Å². The molecular weight excluding hydrogens is 453 g/mol. The number of aromatic nitrogens is 4. The molecule has 2 atom stereocenters. The highest BCUT2D eigenvalue weighted by atomic mass is 19.4. The summed E-state index contributed by atoms with van der Waals surface area (Å²) in [7, 11) is 0. The number of ether oxygens (including phenoxy) is 1. The highest BCUT2D eigenvalue weighted by Crippen LogP contribution is 2.39. The van der Waals surface area contributed by atoms with Gasteiger partial charge < -0.3 is 25.5 Å². The van der Waals surface area contributed by atoms with E-state index in [9.17, 15) is 13.2 Å². The number of piperidine rings is 1. The predicted octanol–water partition coefficient (Wildman–Crippen LogP) is 3.41. The van der Waals surface area contributed by atoms with E-state index in [1.807, 2.05) is 12.1 Å². The summed E-state index contributed by atoms with van der Waals surface area (Å²) in [6.45, 7) is 2.72. The maximum absolute atomic E-state index is 13.7. The van der Waals surface area contributed by atoms with Gasteiger partial charge in [0.15, 0.2) is 0 Å². The number of nitrogens with zero attached hydrogens (tertiary/aromatic N) is 3. The number of halogens is 3. The fraction of sp³-hybridized carbons (Fsp3) is 0.455. The molecule has 1 unspecified atom stereocenters. The molecule has 2 saturated heterocycles. The highest BCUT2D eigenvalue weighted by Gasteiger charge is 2.36. The minimum Gasteiger partial charge on any atom is -0.483 e. The Hall–Kier alpha value is -3.25. The van der Waals surface area contributed by atoms with Crippen LogP contribution in [0, 0.1) is 0 Å². The van der Waals surface area contributed by atoms with Crippen molar-refractivity contribution in [3.8, 4) is 11.3 Å². The second-order valence-electron chi connectivity index (χ2n) is 8.14. The summed E-state index contributed by atoms with van der Waals surface area (Å²) in [5.41, 5.74) is 0.755. The van der Waals surface area contributed by atoms with Gasteiger partial charge in [-0.15, -0.1) is 0 Å². The Morgan fingerprint density at radius 2 is 2.06 bits per heavy atom. The van der Waals surface area contributed by atoms with Gasteiger partial charge in [0.2, 0.25) is 5.95 Å². The number of hydrogen-bond donors (Lipinski definition) is 4. The maximum atomic E-state index is 13.7. The smallest absolute Gasteiger partial charge is 0.419 e. The fourth-order valence-corrected chi connectivity index (χ4v) is 4.23. The number of aromatic amines is 1. The van der Waals surface area contributed by atoms with E-state index in [1.54, 1.807) is 0 Å². The third-order valence-electron chi connectivity index (χ3n) is 5.89. The number of H-pyrrole nitrogens is 1. The Balaban J connectivity index is 0.000000868. The van der Waals surface area contributed by atoms with Gasteiger partial charge in [0.1, 0.15) is 11.2 Å². The normalized spacial score (nSPS) is 20.6. The Kier molecular flexibility index (Phi) is 7.27. The van der Waals surface area contributed by atoms with E-state index in [0.29, 0.717) is 29.8 Å². The molecule has 3 aromatic heterocycles. The molecule has 182 valence electrons. The topological polar surface area (TPSA) is 125 Å². The Morgan fingerprint density at radius 3 is 2.74 bits per heavy atom. The maximum Gasteiger partial charge on any atom is 0.419 e. The molecule has 2 aliphatic heterocycles. The Labute approximate surface area is 193 Å². The molecule has 0 aliphatic carbocycles. The van der Waals surface area contributed by atoms with E-state index in [1.165, 1.54) is 6.20 Å². The second-order valence-corrected chi connectivity index (χ2v) is 8.14. The van der Waals surface area contributed by atoms with Crippen LogP contribution < -0.4 is 10.6 Å². The number of carboxylic acid groups (broad SMARTS) is 1. The van der Waals surface area contributed by atoms with Crippen molar-refractivity contribution in [1.82, 2.24) is 25.3 Å². The van der Waals surface area contributed by atoms with Crippen molar-refractivity contribution in [2.24, 2.45) is 0 Å². The van der Waals surface area contributed by atoms with E-state index in [2.05, 4.69) is 30.6 Å². The second kappa shape index (κ2) is 10.3. The van der Waals surface area contributed by atoms with Gasteiger partial charge in [0.05, 0.1) is 12.3 Å². The van der Waals surface area contributed by atoms with Crippen molar-refractivity contribution in [2.45, 2.75) is 37.4 Å². The molecule has 9 nitrogen and oxygen atoms in total. The van der Waals surface area contributed by atoms with Crippen molar-refractivity contribution < 1.29 is 27.8 Å². The van der Waals surface area contributed by atoms with Crippen LogP contribution in [-0.2, 0) is 15.7 Å². The summed E-state index contributed by atoms with van der Waals surface area (Å²) in [5.74, 6) is 0.402. The standard InChI is InChI=1S/C21H23F3N6O.CH2O2/c22-21(23,24)16-10-27-20(28-13-2-1-6-25-8-13)30-18(16)15-9-26-19-14(15)3-4-17(29-19)12-5-7-31-11-12;2-1-3/h3-4,9-10,12-13,25H,1-2,5-8,11H2,(H,26,29)(H,27,28,30);1H,(H,2,3)/t12?,13-;/m0./s1. The molecule has 0 aromatic carbocycles. The summed E-state index contributed by atoms with van der Waals surface area (Å²) < 4.78 is 46.7. The zero-order valence-electron chi connectivity index (χ0n) is 18.2. The largest absolute Gasteiger partial charge is 0.483 e. The van der Waals surface area contributed by atoms with Gasteiger partial charge >= 0.3 is 6.18 Å². The highest BCUT2D eigenvalue weighted by molar-refractivity contribution is 5.93. The van der Waals surface area contributed by atoms with Gasteiger partial charge in [-0.2, -0.15) is 13.2 Å². The predicted molar refractivity (Wildman–Crippen MR) is 119 cm³/mol. The van der Waals surface area contributed by atoms with Gasteiger partial charge in [0, 0.05) is 54.1 Å². The van der Waals surface area contributed by atoms with Crippen LogP contribution in [0.25, 0.3) is 22.3 Å². The van der Waals surface area contributed by atoms with Crippen LogP contribution in [0.5, 0.6) is 0 Å². The molecule has 5 rings (SSSR count). The number of nitrogens with one attached hydrogen (secondary N) is 3. The summed E-state index contributed by atoms with van der Waals surface area (Å²) in [5, 5.41) is 13.9. The van der Waals surface area contributed by atoms with Gasteiger partial charge in [0.25, 0.3) is 6.47 Å². The number of anilines is 1. The van der Waals surface area contributed by atoms with Crippen LogP contribution in [0.2, 0.25) is 0 Å². The molecule has 2 aliphatic rings. The summed E-state index contributed by atoms with van der Waals surface area (Å²) >= 11 is 0. The lowest BCUT2D eigenvalue weighted by molar-refractivity contribution is -0.137. The van der Waals surface area contributed by atoms with Crippen LogP contribution >= 0.6 is 0 Å². The van der Waals surface area contributed by atoms with Gasteiger partial charge in [-0.1, -0.05) is 0 Å². The molecule has 3 aromatic rings. The van der Waals surface area contributed by atoms with E-state index in [0.717, 1.165) is 44.2 Å². The molecule has 0 spiro atoms. The monoisotopic (exact) mass is 478 g/mol. The van der Waals surface area contributed by atoms with Crippen molar-refractivity contribution in [3.05, 3.63) is 35.8 Å². The molecule has 0 bridgehead atoms. The van der Waals surface area contributed by atoms with E-state index < -0.39 is 11.7 Å². The third-order valence-corrected chi connectivity index (χ3v) is 5.89. The SMILES string of the molecule is FC(F)(F)c1cnc(N[C@H]2CCCNC2)nc1-c1c[nH]c2nc(C3CCOC3)ccc12.O=CO. The molecule has 0 radical (unpaired) electrons. The number of pyridine rings is 1. The molecule has 0 saturated carbocycles. The lowest BCUT2D eigenvalue weighted by Gasteiger charge is -2.24. The van der Waals surface area contributed by atoms with Gasteiger partial charge in [-0.25, -0.2) is 15.0 Å². The first kappa shape index (κ1) is 23.9. The third kappa shape index (κ3) is 5.28. The zero-order valence-corrected chi connectivity index (χ0v) is 18.2. The molecule has 12 heteroatoms. The minimum absolute atomic E-state index is 0.0826. The molecule has 5 heterocycles. The lowest BCUT2D eigenvalue weighted by Crippen LogP contribution is -2.38. The van der Waals surface area contributed by atoms with Crippen LogP contribution in [-0.4, -0.2) is 63.9 Å². The van der Waals surface area contributed by atoms with Crippen molar-refractivity contribution in [2.75, 3.05) is 31.6 Å². The lowest BCUT2D eigenvalue weighted by atomic mass is 10.0. The molecule has 34 heavy (non-hydrogen) atoms. The summed E-state index contributed by atoms with van der Waals surface area (Å²) in [4.78, 5) is 24.2. The quantitative estimate of drug-likeness (QED) is 0.421. The fourth-order valence-electron chi connectivity index (χ4n) is 4.23. The number of fused-ring (bicyclic) bond motifs is 1. The van der Waals surface area contributed by atoms with E-state index in [-0.39, 0.29) is 30.1 Å². The average molecular weight is 478 g/mol. The molecular formula is C22H25F3N6O3. The van der Waals surface area contributed by atoms with Crippen LogP contribution in [0.15, 0.2) is 24.5 Å². The van der Waals surface area contributed by atoms with Crippen molar-refractivity contribution in [3.63, 3.8) is 0 Å². The number of hydrogen-bond acceptors (Lipinski definition) is 7. The van der Waals surface area contributed by atoms with Crippen molar-refractivity contribution >= 4 is 23.5 Å². The molecule has 2 fully saturated rings. The number of alkyl halides is 3. The first-order valence-electron chi connectivity index (χ1n) is 11.0. The summed E-state index contributed by atoms with van der Waals surface area (Å²) in [6, 6.07) is 3.75. The summed E-state index contributed by atoms with van der Waals surface area (Å²) in [6.07, 6.45) is 0.623. The van der Waals surface area contributed by atoms with Gasteiger partial charge in [-0.3, -0.25) is 4.79 Å². The van der Waals surface area contributed by atoms with Crippen LogP contribution in [0.4, 0.5) is 19.1 Å². The average Bonchev–Trinajstić information content (AvgIpc) is 3.49. The zero-order chi connectivity index (χ0) is 24.1. The minimum atomic E-state index is -4.57. The number of rotatable bonds is 4. The number of carbonyl (C=O) groups is 1. The van der Waals surface area contributed by atoms with Crippen LogP contribution in [0.1, 0.15) is 36.4 Å². The first-order chi connectivity index (χ1) is 16.4. The van der Waals surface area contributed by atoms with Gasteiger partial charge in [-0.05, 0) is 37.9 Å². The van der Waals surface area contributed by atoms with Crippen molar-refractivity contribution in [1.29, 1.82) is 0 Å². The Bertz CT molecular complexity index is 1120.